The van der Waals surface area contributed by atoms with Crippen LogP contribution >= 0.6 is 0 Å². The van der Waals surface area contributed by atoms with Gasteiger partial charge in [-0.05, 0) is 58.2 Å². The molecule has 1 aliphatic rings. The van der Waals surface area contributed by atoms with Gasteiger partial charge in [-0.2, -0.15) is 0 Å². The van der Waals surface area contributed by atoms with Gasteiger partial charge in [0.15, 0.2) is 0 Å². The zero-order chi connectivity index (χ0) is 14.8. The van der Waals surface area contributed by atoms with Gasteiger partial charge in [-0.3, -0.25) is 4.79 Å². The number of carbonyl (C=O) groups excluding carboxylic acids is 1. The number of hydrogen-bond donors (Lipinski definition) is 2. The molecule has 1 aliphatic heterocycles. The number of aryl methyl sites for hydroxylation is 2. The molecule has 0 aliphatic carbocycles. The first kappa shape index (κ1) is 15.0. The summed E-state index contributed by atoms with van der Waals surface area (Å²) in [5.74, 6) is 0.165. The molecule has 1 heterocycles. The van der Waals surface area contributed by atoms with Crippen LogP contribution in [0.5, 0.6) is 0 Å². The largest absolute Gasteiger partial charge is 0.349 e. The quantitative estimate of drug-likeness (QED) is 0.890. The summed E-state index contributed by atoms with van der Waals surface area (Å²) in [6, 6.07) is 6.46. The van der Waals surface area contributed by atoms with Crippen LogP contribution in [0.4, 0.5) is 0 Å². The van der Waals surface area contributed by atoms with Crippen molar-refractivity contribution in [1.29, 1.82) is 0 Å². The van der Waals surface area contributed by atoms with Crippen molar-refractivity contribution < 1.29 is 4.79 Å². The van der Waals surface area contributed by atoms with E-state index in [9.17, 15) is 4.79 Å². The van der Waals surface area contributed by atoms with Crippen molar-refractivity contribution in [2.24, 2.45) is 5.41 Å². The Kier molecular flexibility index (Phi) is 4.48. The van der Waals surface area contributed by atoms with Gasteiger partial charge in [0.1, 0.15) is 0 Å². The van der Waals surface area contributed by atoms with Gasteiger partial charge in [0, 0.05) is 6.54 Å². The molecule has 20 heavy (non-hydrogen) atoms. The SMILES string of the molecule is Cc1ccc(C)c(C(C)NC(=O)C2(C)CCCNC2)c1. The molecule has 1 saturated heterocycles. The Morgan fingerprint density at radius 1 is 1.40 bits per heavy atom. The summed E-state index contributed by atoms with van der Waals surface area (Å²) < 4.78 is 0. The van der Waals surface area contributed by atoms with E-state index in [1.807, 2.05) is 0 Å². The van der Waals surface area contributed by atoms with Gasteiger partial charge in [-0.1, -0.05) is 23.8 Å². The molecule has 2 rings (SSSR count). The van der Waals surface area contributed by atoms with Crippen LogP contribution < -0.4 is 10.6 Å². The Balaban J connectivity index is 2.08. The maximum Gasteiger partial charge on any atom is 0.227 e. The second-order valence-electron chi connectivity index (χ2n) is 6.40. The van der Waals surface area contributed by atoms with Crippen LogP contribution in [0.15, 0.2) is 18.2 Å². The van der Waals surface area contributed by atoms with E-state index in [4.69, 9.17) is 0 Å². The first-order valence-electron chi connectivity index (χ1n) is 7.51. The molecule has 2 N–H and O–H groups in total. The standard InChI is InChI=1S/C17H26N2O/c1-12-6-7-13(2)15(10-12)14(3)19-16(20)17(4)8-5-9-18-11-17/h6-7,10,14,18H,5,8-9,11H2,1-4H3,(H,19,20). The monoisotopic (exact) mass is 274 g/mol. The summed E-state index contributed by atoms with van der Waals surface area (Å²) in [6.45, 7) is 10.1. The van der Waals surface area contributed by atoms with Gasteiger partial charge in [-0.15, -0.1) is 0 Å². The van der Waals surface area contributed by atoms with E-state index in [1.54, 1.807) is 0 Å². The smallest absolute Gasteiger partial charge is 0.227 e. The Morgan fingerprint density at radius 2 is 2.15 bits per heavy atom. The molecule has 3 nitrogen and oxygen atoms in total. The fourth-order valence-electron chi connectivity index (χ4n) is 2.93. The summed E-state index contributed by atoms with van der Waals surface area (Å²) in [6.07, 6.45) is 2.03. The van der Waals surface area contributed by atoms with Crippen molar-refractivity contribution in [3.8, 4) is 0 Å². The number of nitrogens with one attached hydrogen (secondary N) is 2. The van der Waals surface area contributed by atoms with E-state index in [1.165, 1.54) is 16.7 Å². The lowest BCUT2D eigenvalue weighted by molar-refractivity contribution is -0.131. The number of benzene rings is 1. The minimum Gasteiger partial charge on any atom is -0.349 e. The Bertz CT molecular complexity index is 490. The zero-order valence-electron chi connectivity index (χ0n) is 13.0. The number of amides is 1. The second-order valence-corrected chi connectivity index (χ2v) is 6.40. The van der Waals surface area contributed by atoms with Crippen LogP contribution in [0.25, 0.3) is 0 Å². The highest BCUT2D eigenvalue weighted by Crippen LogP contribution is 2.27. The predicted octanol–water partition coefficient (Wildman–Crippen LogP) is 2.87. The molecule has 0 saturated carbocycles. The van der Waals surface area contributed by atoms with Crippen molar-refractivity contribution >= 4 is 5.91 Å². The van der Waals surface area contributed by atoms with Crippen LogP contribution in [-0.2, 0) is 4.79 Å². The van der Waals surface area contributed by atoms with Crippen LogP contribution in [0.2, 0.25) is 0 Å². The molecule has 3 heteroatoms. The summed E-state index contributed by atoms with van der Waals surface area (Å²) in [5, 5.41) is 6.52. The fourth-order valence-corrected chi connectivity index (χ4v) is 2.93. The molecule has 1 aromatic rings. The minimum absolute atomic E-state index is 0.0566. The normalized spacial score (nSPS) is 24.2. The van der Waals surface area contributed by atoms with E-state index in [0.717, 1.165) is 25.9 Å². The zero-order valence-corrected chi connectivity index (χ0v) is 13.0. The molecule has 2 unspecified atom stereocenters. The third-order valence-corrected chi connectivity index (χ3v) is 4.39. The van der Waals surface area contributed by atoms with Gasteiger partial charge in [0.25, 0.3) is 0 Å². The van der Waals surface area contributed by atoms with Gasteiger partial charge in [-0.25, -0.2) is 0 Å². The number of carbonyl (C=O) groups is 1. The lowest BCUT2D eigenvalue weighted by Crippen LogP contribution is -2.49. The van der Waals surface area contributed by atoms with Crippen LogP contribution in [0.3, 0.4) is 0 Å². The average molecular weight is 274 g/mol. The molecule has 1 amide bonds. The first-order chi connectivity index (χ1) is 9.42. The molecule has 0 spiro atoms. The summed E-state index contributed by atoms with van der Waals surface area (Å²) >= 11 is 0. The van der Waals surface area contributed by atoms with Crippen LogP contribution in [-0.4, -0.2) is 19.0 Å². The van der Waals surface area contributed by atoms with E-state index in [-0.39, 0.29) is 17.4 Å². The van der Waals surface area contributed by atoms with Crippen LogP contribution in [0.1, 0.15) is 49.4 Å². The second kappa shape index (κ2) is 5.96. The molecule has 1 aromatic carbocycles. The van der Waals surface area contributed by atoms with E-state index < -0.39 is 0 Å². The third kappa shape index (κ3) is 3.21. The van der Waals surface area contributed by atoms with E-state index in [0.29, 0.717) is 0 Å². The molecular formula is C17H26N2O. The Morgan fingerprint density at radius 3 is 2.80 bits per heavy atom. The highest BCUT2D eigenvalue weighted by atomic mass is 16.2. The topological polar surface area (TPSA) is 41.1 Å². The van der Waals surface area contributed by atoms with E-state index in [2.05, 4.69) is 56.5 Å². The van der Waals surface area contributed by atoms with Gasteiger partial charge in [0.2, 0.25) is 5.91 Å². The van der Waals surface area contributed by atoms with Gasteiger partial charge >= 0.3 is 0 Å². The summed E-state index contributed by atoms with van der Waals surface area (Å²) in [5.41, 5.74) is 3.41. The van der Waals surface area contributed by atoms with Crippen molar-refractivity contribution in [3.63, 3.8) is 0 Å². The van der Waals surface area contributed by atoms with Crippen LogP contribution in [0, 0.1) is 19.3 Å². The number of piperidine rings is 1. The molecule has 1 fully saturated rings. The Hall–Kier alpha value is -1.35. The van der Waals surface area contributed by atoms with E-state index >= 15 is 0 Å². The predicted molar refractivity (Wildman–Crippen MR) is 82.7 cm³/mol. The summed E-state index contributed by atoms with van der Waals surface area (Å²) in [4.78, 5) is 12.5. The maximum atomic E-state index is 12.5. The maximum absolute atomic E-state index is 12.5. The van der Waals surface area contributed by atoms with Crippen molar-refractivity contribution in [1.82, 2.24) is 10.6 Å². The number of hydrogen-bond acceptors (Lipinski definition) is 2. The molecule has 0 aromatic heterocycles. The molecule has 0 radical (unpaired) electrons. The highest BCUT2D eigenvalue weighted by Gasteiger charge is 2.35. The average Bonchev–Trinajstić information content (AvgIpc) is 2.42. The van der Waals surface area contributed by atoms with Gasteiger partial charge < -0.3 is 10.6 Å². The molecule has 110 valence electrons. The molecule has 2 atom stereocenters. The van der Waals surface area contributed by atoms with Crippen molar-refractivity contribution in [3.05, 3.63) is 34.9 Å². The highest BCUT2D eigenvalue weighted by molar-refractivity contribution is 5.83. The van der Waals surface area contributed by atoms with Crippen molar-refractivity contribution in [2.45, 2.75) is 46.6 Å². The van der Waals surface area contributed by atoms with Crippen molar-refractivity contribution in [2.75, 3.05) is 13.1 Å². The molecular weight excluding hydrogens is 248 g/mol. The Labute approximate surface area is 122 Å². The lowest BCUT2D eigenvalue weighted by Gasteiger charge is -2.34. The minimum atomic E-state index is -0.274. The first-order valence-corrected chi connectivity index (χ1v) is 7.51. The fraction of sp³-hybridized carbons (Fsp3) is 0.588. The number of rotatable bonds is 3. The lowest BCUT2D eigenvalue weighted by atomic mass is 9.81. The molecule has 0 bridgehead atoms. The summed E-state index contributed by atoms with van der Waals surface area (Å²) in [7, 11) is 0. The third-order valence-electron chi connectivity index (χ3n) is 4.39. The van der Waals surface area contributed by atoms with Gasteiger partial charge in [0.05, 0.1) is 11.5 Å².